The lowest BCUT2D eigenvalue weighted by atomic mass is 9.99. The number of likely N-dealkylation sites (tertiary alicyclic amines) is 1. The number of thiocarbonyl (C=S) groups is 1. The third-order valence-electron chi connectivity index (χ3n) is 4.98. The van der Waals surface area contributed by atoms with Crippen molar-refractivity contribution in [3.63, 3.8) is 0 Å². The van der Waals surface area contributed by atoms with E-state index in [0.717, 1.165) is 19.3 Å². The van der Waals surface area contributed by atoms with Crippen LogP contribution in [-0.4, -0.2) is 56.8 Å². The minimum atomic E-state index is -0.367. The average molecular weight is 423 g/mol. The Morgan fingerprint density at radius 3 is 2.96 bits per heavy atom. The number of benzene rings is 1. The highest BCUT2D eigenvalue weighted by molar-refractivity contribution is 8.26. The molecule has 0 radical (unpaired) electrons. The molecule has 1 aromatic carbocycles. The van der Waals surface area contributed by atoms with Crippen LogP contribution in [0, 0.1) is 5.82 Å². The Morgan fingerprint density at radius 1 is 1.39 bits per heavy atom. The Kier molecular flexibility index (Phi) is 7.20. The molecule has 150 valence electrons. The highest BCUT2D eigenvalue weighted by Crippen LogP contribution is 2.33. The summed E-state index contributed by atoms with van der Waals surface area (Å²) in [7, 11) is 0. The van der Waals surface area contributed by atoms with Gasteiger partial charge < -0.3 is 10.0 Å². The number of halogens is 1. The van der Waals surface area contributed by atoms with Crippen molar-refractivity contribution in [3.8, 4) is 0 Å². The van der Waals surface area contributed by atoms with Crippen LogP contribution >= 0.6 is 24.0 Å². The zero-order chi connectivity index (χ0) is 20.1. The van der Waals surface area contributed by atoms with Crippen molar-refractivity contribution in [2.75, 3.05) is 19.7 Å². The van der Waals surface area contributed by atoms with Crippen LogP contribution in [-0.2, 0) is 9.59 Å². The van der Waals surface area contributed by atoms with Gasteiger partial charge in [-0.1, -0.05) is 36.1 Å². The number of hydrogen-bond acceptors (Lipinski definition) is 5. The number of nitrogens with zero attached hydrogens (tertiary/aromatic N) is 2. The van der Waals surface area contributed by atoms with E-state index in [1.807, 2.05) is 4.90 Å². The summed E-state index contributed by atoms with van der Waals surface area (Å²) in [5.41, 5.74) is 0.594. The maximum atomic E-state index is 13.3. The van der Waals surface area contributed by atoms with Crippen molar-refractivity contribution >= 4 is 46.2 Å². The van der Waals surface area contributed by atoms with Gasteiger partial charge in [-0.15, -0.1) is 0 Å². The van der Waals surface area contributed by atoms with Gasteiger partial charge in [0.15, 0.2) is 0 Å². The van der Waals surface area contributed by atoms with Gasteiger partial charge in [-0.2, -0.15) is 0 Å². The van der Waals surface area contributed by atoms with Crippen LogP contribution in [0.3, 0.4) is 0 Å². The third kappa shape index (κ3) is 4.98. The highest BCUT2D eigenvalue weighted by atomic mass is 32.2. The summed E-state index contributed by atoms with van der Waals surface area (Å²) in [5.74, 6) is -0.632. The van der Waals surface area contributed by atoms with E-state index in [1.165, 1.54) is 28.8 Å². The molecule has 2 fully saturated rings. The molecule has 1 atom stereocenters. The summed E-state index contributed by atoms with van der Waals surface area (Å²) in [6.07, 6.45) is 5.33. The number of thioether (sulfide) groups is 1. The summed E-state index contributed by atoms with van der Waals surface area (Å²) < 4.78 is 13.8. The molecule has 0 spiro atoms. The smallest absolute Gasteiger partial charge is 0.266 e. The summed E-state index contributed by atoms with van der Waals surface area (Å²) >= 11 is 6.47. The minimum absolute atomic E-state index is 0.0127. The molecule has 28 heavy (non-hydrogen) atoms. The van der Waals surface area contributed by atoms with Gasteiger partial charge >= 0.3 is 0 Å². The second-order valence-corrected chi connectivity index (χ2v) is 8.56. The summed E-state index contributed by atoms with van der Waals surface area (Å²) in [6, 6.07) is 6.08. The number of rotatable bonds is 6. The molecule has 0 aliphatic carbocycles. The molecule has 8 heteroatoms. The number of amides is 2. The van der Waals surface area contributed by atoms with E-state index in [1.54, 1.807) is 18.2 Å². The van der Waals surface area contributed by atoms with Crippen LogP contribution in [0.4, 0.5) is 4.39 Å². The molecule has 1 aromatic rings. The van der Waals surface area contributed by atoms with Crippen LogP contribution in [0.5, 0.6) is 0 Å². The number of piperidine rings is 1. The van der Waals surface area contributed by atoms with Crippen LogP contribution in [0.2, 0.25) is 0 Å². The molecule has 2 aliphatic heterocycles. The molecule has 2 amide bonds. The zero-order valence-electron chi connectivity index (χ0n) is 15.5. The third-order valence-corrected chi connectivity index (χ3v) is 6.36. The van der Waals surface area contributed by atoms with Crippen LogP contribution < -0.4 is 0 Å². The van der Waals surface area contributed by atoms with Gasteiger partial charge in [0.1, 0.15) is 10.1 Å². The molecule has 2 saturated heterocycles. The molecular formula is C20H23FN2O3S2. The van der Waals surface area contributed by atoms with Gasteiger partial charge in [-0.25, -0.2) is 4.39 Å². The molecular weight excluding hydrogens is 399 g/mol. The van der Waals surface area contributed by atoms with Crippen molar-refractivity contribution in [3.05, 3.63) is 40.6 Å². The standard InChI is InChI=1S/C20H23FN2O3S2/c21-15-5-3-4-14(12-15)13-17-19(26)23(20(27)28-17)10-7-18(25)22-9-2-1-6-16(22)8-11-24/h3-5,12-13,16,24H,1-2,6-11H2/b17-13-/t16-/m1/s1. The average Bonchev–Trinajstić information content (AvgIpc) is 2.93. The van der Waals surface area contributed by atoms with Gasteiger partial charge in [0.2, 0.25) is 5.91 Å². The number of carbonyl (C=O) groups excluding carboxylic acids is 2. The largest absolute Gasteiger partial charge is 0.396 e. The van der Waals surface area contributed by atoms with Gasteiger partial charge in [0.25, 0.3) is 5.91 Å². The lowest BCUT2D eigenvalue weighted by molar-refractivity contribution is -0.135. The van der Waals surface area contributed by atoms with Crippen molar-refractivity contribution < 1.29 is 19.1 Å². The first kappa shape index (κ1) is 21.0. The quantitative estimate of drug-likeness (QED) is 0.564. The Bertz CT molecular complexity index is 797. The molecule has 0 saturated carbocycles. The lowest BCUT2D eigenvalue weighted by Crippen LogP contribution is -2.45. The first-order valence-corrected chi connectivity index (χ1v) is 10.6. The maximum absolute atomic E-state index is 13.3. The van der Waals surface area contributed by atoms with Gasteiger partial charge in [0, 0.05) is 32.2 Å². The molecule has 3 rings (SSSR count). The molecule has 1 N–H and O–H groups in total. The number of hydrogen-bond donors (Lipinski definition) is 1. The molecule has 2 heterocycles. The van der Waals surface area contributed by atoms with E-state index in [2.05, 4.69) is 0 Å². The summed E-state index contributed by atoms with van der Waals surface area (Å²) in [4.78, 5) is 29.0. The number of aliphatic hydroxyl groups excluding tert-OH is 1. The topological polar surface area (TPSA) is 60.9 Å². The molecule has 0 aromatic heterocycles. The molecule has 0 unspecified atom stereocenters. The Hall–Kier alpha value is -1.77. The van der Waals surface area contributed by atoms with E-state index in [4.69, 9.17) is 12.2 Å². The fraction of sp³-hybridized carbons (Fsp3) is 0.450. The van der Waals surface area contributed by atoms with Gasteiger partial charge in [-0.3, -0.25) is 14.5 Å². The van der Waals surface area contributed by atoms with E-state index in [-0.39, 0.29) is 43.2 Å². The Morgan fingerprint density at radius 2 is 2.21 bits per heavy atom. The second-order valence-electron chi connectivity index (χ2n) is 6.89. The SMILES string of the molecule is O=C1/C(=C/c2cccc(F)c2)SC(=S)N1CCC(=O)N1CCCC[C@@H]1CCO. The summed E-state index contributed by atoms with van der Waals surface area (Å²) in [5, 5.41) is 9.22. The van der Waals surface area contributed by atoms with E-state index < -0.39 is 0 Å². The fourth-order valence-corrected chi connectivity index (χ4v) is 4.88. The number of carbonyl (C=O) groups is 2. The van der Waals surface area contributed by atoms with E-state index >= 15 is 0 Å². The van der Waals surface area contributed by atoms with E-state index in [9.17, 15) is 19.1 Å². The highest BCUT2D eigenvalue weighted by Gasteiger charge is 2.33. The normalized spacial score (nSPS) is 21.6. The first-order valence-electron chi connectivity index (χ1n) is 9.41. The second kappa shape index (κ2) is 9.62. The number of aliphatic hydroxyl groups is 1. The van der Waals surface area contributed by atoms with E-state index in [0.29, 0.717) is 27.8 Å². The van der Waals surface area contributed by atoms with Crippen molar-refractivity contribution in [1.29, 1.82) is 0 Å². The first-order chi connectivity index (χ1) is 13.5. The minimum Gasteiger partial charge on any atom is -0.396 e. The monoisotopic (exact) mass is 422 g/mol. The molecule has 5 nitrogen and oxygen atoms in total. The summed E-state index contributed by atoms with van der Waals surface area (Å²) in [6.45, 7) is 0.988. The predicted molar refractivity (Wildman–Crippen MR) is 112 cm³/mol. The lowest BCUT2D eigenvalue weighted by Gasteiger charge is -2.36. The van der Waals surface area contributed by atoms with Gasteiger partial charge in [0.05, 0.1) is 4.91 Å². The molecule has 0 bridgehead atoms. The van der Waals surface area contributed by atoms with Crippen molar-refractivity contribution in [1.82, 2.24) is 9.80 Å². The molecule has 2 aliphatic rings. The fourth-order valence-electron chi connectivity index (χ4n) is 3.57. The zero-order valence-corrected chi connectivity index (χ0v) is 17.1. The Balaban J connectivity index is 1.62. The van der Waals surface area contributed by atoms with Crippen LogP contribution in [0.25, 0.3) is 6.08 Å². The Labute approximate surface area is 173 Å². The van der Waals surface area contributed by atoms with Crippen LogP contribution in [0.1, 0.15) is 37.7 Å². The maximum Gasteiger partial charge on any atom is 0.266 e. The van der Waals surface area contributed by atoms with Gasteiger partial charge in [-0.05, 0) is 49.5 Å². The van der Waals surface area contributed by atoms with Crippen LogP contribution in [0.15, 0.2) is 29.2 Å². The van der Waals surface area contributed by atoms with Crippen molar-refractivity contribution in [2.24, 2.45) is 0 Å². The van der Waals surface area contributed by atoms with Crippen molar-refractivity contribution in [2.45, 2.75) is 38.1 Å². The predicted octanol–water partition coefficient (Wildman–Crippen LogP) is 3.18.